The van der Waals surface area contributed by atoms with Crippen molar-refractivity contribution in [2.45, 2.75) is 0 Å². The second-order valence-corrected chi connectivity index (χ2v) is 4.31. The first-order valence-electron chi connectivity index (χ1n) is 4.94. The van der Waals surface area contributed by atoms with Gasteiger partial charge in [0, 0.05) is 11.9 Å². The van der Waals surface area contributed by atoms with Crippen LogP contribution >= 0.6 is 15.9 Å². The third kappa shape index (κ3) is 2.89. The van der Waals surface area contributed by atoms with Gasteiger partial charge < -0.3 is 5.32 Å². The van der Waals surface area contributed by atoms with Crippen LogP contribution < -0.4 is 5.32 Å². The maximum Gasteiger partial charge on any atom is 0.257 e. The number of amides is 1. The molecule has 0 spiro atoms. The van der Waals surface area contributed by atoms with Crippen molar-refractivity contribution in [3.8, 4) is 0 Å². The molecule has 0 aliphatic carbocycles. The first kappa shape index (κ1) is 12.6. The Kier molecular flexibility index (Phi) is 3.66. The summed E-state index contributed by atoms with van der Waals surface area (Å²) in [5.74, 6) is -1.52. The Hall–Kier alpha value is -1.82. The van der Waals surface area contributed by atoms with Crippen LogP contribution in [0.1, 0.15) is 10.4 Å². The molecular weight excluding hydrogens is 306 g/mol. The lowest BCUT2D eigenvalue weighted by molar-refractivity contribution is 0.102. The second kappa shape index (κ2) is 5.22. The molecule has 6 heteroatoms. The number of hydrogen-bond donors (Lipinski definition) is 1. The lowest BCUT2D eigenvalue weighted by Gasteiger charge is -2.05. The molecule has 2 rings (SSSR count). The number of rotatable bonds is 2. The third-order valence-corrected chi connectivity index (χ3v) is 2.77. The molecule has 0 atom stereocenters. The summed E-state index contributed by atoms with van der Waals surface area (Å²) >= 11 is 3.01. The SMILES string of the molecule is O=C(Nc1ccc(F)c(Br)c1)c1ccc(F)nc1. The number of pyridine rings is 1. The molecule has 3 nitrogen and oxygen atoms in total. The minimum absolute atomic E-state index is 0.219. The molecule has 0 saturated heterocycles. The van der Waals surface area contributed by atoms with E-state index in [2.05, 4.69) is 26.2 Å². The summed E-state index contributed by atoms with van der Waals surface area (Å²) in [5.41, 5.74) is 0.648. The molecule has 0 radical (unpaired) electrons. The van der Waals surface area contributed by atoms with E-state index < -0.39 is 17.7 Å². The predicted molar refractivity (Wildman–Crippen MR) is 66.2 cm³/mol. The molecular formula is C12H7BrF2N2O. The van der Waals surface area contributed by atoms with Crippen LogP contribution in [0.25, 0.3) is 0 Å². The Morgan fingerprint density at radius 3 is 2.61 bits per heavy atom. The smallest absolute Gasteiger partial charge is 0.257 e. The summed E-state index contributed by atoms with van der Waals surface area (Å²) in [6, 6.07) is 6.49. The van der Waals surface area contributed by atoms with E-state index in [9.17, 15) is 13.6 Å². The Morgan fingerprint density at radius 2 is 2.00 bits per heavy atom. The number of benzene rings is 1. The lowest BCUT2D eigenvalue weighted by Crippen LogP contribution is -2.12. The standard InChI is InChI=1S/C12H7BrF2N2O/c13-9-5-8(2-3-10(9)14)17-12(18)7-1-4-11(15)16-6-7/h1-6H,(H,17,18). The number of carbonyl (C=O) groups is 1. The van der Waals surface area contributed by atoms with E-state index in [1.54, 1.807) is 0 Å². The van der Waals surface area contributed by atoms with Gasteiger partial charge in [-0.25, -0.2) is 9.37 Å². The minimum atomic E-state index is -0.656. The molecule has 0 fully saturated rings. The van der Waals surface area contributed by atoms with Gasteiger partial charge in [-0.05, 0) is 46.3 Å². The predicted octanol–water partition coefficient (Wildman–Crippen LogP) is 3.37. The van der Waals surface area contributed by atoms with Gasteiger partial charge in [-0.3, -0.25) is 4.79 Å². The maximum atomic E-state index is 13.0. The van der Waals surface area contributed by atoms with Gasteiger partial charge >= 0.3 is 0 Å². The zero-order valence-corrected chi connectivity index (χ0v) is 10.5. The van der Waals surface area contributed by atoms with Crippen LogP contribution in [0.2, 0.25) is 0 Å². The van der Waals surface area contributed by atoms with E-state index in [4.69, 9.17) is 0 Å². The molecule has 0 bridgehead atoms. The minimum Gasteiger partial charge on any atom is -0.322 e. The van der Waals surface area contributed by atoms with Gasteiger partial charge in [-0.1, -0.05) is 0 Å². The Morgan fingerprint density at radius 1 is 1.22 bits per heavy atom. The van der Waals surface area contributed by atoms with Gasteiger partial charge in [0.05, 0.1) is 10.0 Å². The van der Waals surface area contributed by atoms with Crippen LogP contribution in [0, 0.1) is 11.8 Å². The Labute approximate surface area is 110 Å². The van der Waals surface area contributed by atoms with Crippen molar-refractivity contribution in [1.82, 2.24) is 4.98 Å². The molecule has 92 valence electrons. The van der Waals surface area contributed by atoms with Crippen molar-refractivity contribution in [1.29, 1.82) is 0 Å². The summed E-state index contributed by atoms with van der Waals surface area (Å²) in [6.07, 6.45) is 1.13. The zero-order chi connectivity index (χ0) is 13.1. The number of nitrogens with one attached hydrogen (secondary N) is 1. The van der Waals surface area contributed by atoms with Crippen molar-refractivity contribution < 1.29 is 13.6 Å². The van der Waals surface area contributed by atoms with Gasteiger partial charge in [0.15, 0.2) is 0 Å². The molecule has 1 aromatic heterocycles. The lowest BCUT2D eigenvalue weighted by atomic mass is 10.2. The van der Waals surface area contributed by atoms with Crippen molar-refractivity contribution in [3.05, 3.63) is 58.3 Å². The van der Waals surface area contributed by atoms with Crippen LogP contribution in [-0.2, 0) is 0 Å². The van der Waals surface area contributed by atoms with Crippen molar-refractivity contribution in [2.24, 2.45) is 0 Å². The fraction of sp³-hybridized carbons (Fsp3) is 0. The molecule has 0 unspecified atom stereocenters. The fourth-order valence-electron chi connectivity index (χ4n) is 1.29. The van der Waals surface area contributed by atoms with Gasteiger partial charge in [0.25, 0.3) is 5.91 Å². The number of halogens is 3. The van der Waals surface area contributed by atoms with E-state index in [0.717, 1.165) is 12.3 Å². The maximum absolute atomic E-state index is 13.0. The van der Waals surface area contributed by atoms with Crippen molar-refractivity contribution >= 4 is 27.5 Å². The van der Waals surface area contributed by atoms with E-state index >= 15 is 0 Å². The summed E-state index contributed by atoms with van der Waals surface area (Å²) < 4.78 is 25.8. The largest absolute Gasteiger partial charge is 0.322 e. The molecule has 18 heavy (non-hydrogen) atoms. The van der Waals surface area contributed by atoms with E-state index in [0.29, 0.717) is 5.69 Å². The number of hydrogen-bond acceptors (Lipinski definition) is 2. The average molecular weight is 313 g/mol. The zero-order valence-electron chi connectivity index (χ0n) is 8.95. The molecule has 1 heterocycles. The van der Waals surface area contributed by atoms with Crippen LogP contribution in [0.15, 0.2) is 41.0 Å². The van der Waals surface area contributed by atoms with Crippen molar-refractivity contribution in [3.63, 3.8) is 0 Å². The van der Waals surface area contributed by atoms with E-state index in [1.807, 2.05) is 0 Å². The number of aromatic nitrogens is 1. The van der Waals surface area contributed by atoms with E-state index in [-0.39, 0.29) is 10.0 Å². The highest BCUT2D eigenvalue weighted by Crippen LogP contribution is 2.20. The highest BCUT2D eigenvalue weighted by Gasteiger charge is 2.08. The quantitative estimate of drug-likeness (QED) is 0.864. The average Bonchev–Trinajstić information content (AvgIpc) is 2.34. The monoisotopic (exact) mass is 312 g/mol. The highest BCUT2D eigenvalue weighted by atomic mass is 79.9. The Balaban J connectivity index is 2.16. The van der Waals surface area contributed by atoms with Gasteiger partial charge in [0.2, 0.25) is 5.95 Å². The van der Waals surface area contributed by atoms with Gasteiger partial charge in [0.1, 0.15) is 5.82 Å². The molecule has 0 saturated carbocycles. The van der Waals surface area contributed by atoms with Crippen LogP contribution in [0.4, 0.5) is 14.5 Å². The summed E-state index contributed by atoms with van der Waals surface area (Å²) in [4.78, 5) is 15.1. The van der Waals surface area contributed by atoms with E-state index in [1.165, 1.54) is 24.3 Å². The molecule has 0 aliphatic rings. The van der Waals surface area contributed by atoms with Crippen LogP contribution in [0.5, 0.6) is 0 Å². The van der Waals surface area contributed by atoms with Crippen LogP contribution in [0.3, 0.4) is 0 Å². The summed E-state index contributed by atoms with van der Waals surface area (Å²) in [7, 11) is 0. The number of nitrogens with zero attached hydrogens (tertiary/aromatic N) is 1. The first-order valence-corrected chi connectivity index (χ1v) is 5.73. The summed E-state index contributed by atoms with van der Waals surface area (Å²) in [6.45, 7) is 0. The normalized spacial score (nSPS) is 10.2. The number of anilines is 1. The third-order valence-electron chi connectivity index (χ3n) is 2.17. The fourth-order valence-corrected chi connectivity index (χ4v) is 1.67. The van der Waals surface area contributed by atoms with Gasteiger partial charge in [-0.15, -0.1) is 0 Å². The second-order valence-electron chi connectivity index (χ2n) is 3.45. The molecule has 1 N–H and O–H groups in total. The first-order chi connectivity index (χ1) is 8.56. The topological polar surface area (TPSA) is 42.0 Å². The summed E-state index contributed by atoms with van der Waals surface area (Å²) in [5, 5.41) is 2.55. The van der Waals surface area contributed by atoms with Gasteiger partial charge in [-0.2, -0.15) is 4.39 Å². The number of carbonyl (C=O) groups excluding carboxylic acids is 1. The van der Waals surface area contributed by atoms with Crippen LogP contribution in [-0.4, -0.2) is 10.9 Å². The van der Waals surface area contributed by atoms with Crippen molar-refractivity contribution in [2.75, 3.05) is 5.32 Å². The molecule has 0 aliphatic heterocycles. The Bertz CT molecular complexity index is 587. The molecule has 2 aromatic rings. The molecule has 1 amide bonds. The highest BCUT2D eigenvalue weighted by molar-refractivity contribution is 9.10. The molecule has 1 aromatic carbocycles.